The third-order valence-corrected chi connectivity index (χ3v) is 6.84. The minimum absolute atomic E-state index is 0.504. The minimum Gasteiger partial charge on any atom is -0.362 e. The van der Waals surface area contributed by atoms with Crippen molar-refractivity contribution in [3.63, 3.8) is 0 Å². The second-order valence-corrected chi connectivity index (χ2v) is 9.30. The van der Waals surface area contributed by atoms with Gasteiger partial charge < -0.3 is 15.5 Å². The van der Waals surface area contributed by atoms with Crippen LogP contribution in [0.3, 0.4) is 0 Å². The molecular weight excluding hydrogens is 366 g/mol. The van der Waals surface area contributed by atoms with Crippen molar-refractivity contribution in [2.45, 2.75) is 64.0 Å². The largest absolute Gasteiger partial charge is 0.362 e. The van der Waals surface area contributed by atoms with E-state index in [1.165, 1.54) is 55.3 Å². The molecule has 0 aliphatic heterocycles. The molecule has 2 heterocycles. The molecule has 0 radical (unpaired) electrons. The Balaban J connectivity index is 1.29. The molecule has 0 bridgehead atoms. The van der Waals surface area contributed by atoms with E-state index in [1.807, 2.05) is 0 Å². The number of thiophene rings is 1. The van der Waals surface area contributed by atoms with Crippen LogP contribution in [-0.2, 0) is 19.4 Å². The highest BCUT2D eigenvalue weighted by Gasteiger charge is 2.23. The zero-order valence-corrected chi connectivity index (χ0v) is 18.0. The molecule has 2 aromatic rings. The van der Waals surface area contributed by atoms with E-state index in [1.54, 1.807) is 11.3 Å². The van der Waals surface area contributed by atoms with E-state index in [0.717, 1.165) is 43.6 Å². The standard InChI is InChI=1S/C22H33N5S/c1-27(2)21-19-5-3-4-6-20(19)25-22(26-21)24-18-9-7-16(8-10-18)13-23-14-17-11-12-28-15-17/h11-12,15-16,18,23H,3-10,13-14H2,1-2H3,(H,24,25,26)/t16-,18+. The lowest BCUT2D eigenvalue weighted by Gasteiger charge is -2.30. The molecule has 2 aliphatic rings. The summed E-state index contributed by atoms with van der Waals surface area (Å²) in [7, 11) is 4.19. The summed E-state index contributed by atoms with van der Waals surface area (Å²) in [6.07, 6.45) is 9.70. The van der Waals surface area contributed by atoms with Crippen LogP contribution >= 0.6 is 11.3 Å². The van der Waals surface area contributed by atoms with E-state index in [0.29, 0.717) is 6.04 Å². The summed E-state index contributed by atoms with van der Waals surface area (Å²) in [5.74, 6) is 2.74. The lowest BCUT2D eigenvalue weighted by Crippen LogP contribution is -2.32. The van der Waals surface area contributed by atoms with Crippen LogP contribution in [0.5, 0.6) is 0 Å². The molecule has 4 rings (SSSR count). The Labute approximate surface area is 173 Å². The van der Waals surface area contributed by atoms with Gasteiger partial charge in [-0.25, -0.2) is 4.98 Å². The summed E-state index contributed by atoms with van der Waals surface area (Å²) in [5.41, 5.74) is 4.03. The van der Waals surface area contributed by atoms with Gasteiger partial charge in [0.2, 0.25) is 5.95 Å². The molecule has 0 aromatic carbocycles. The van der Waals surface area contributed by atoms with Crippen LogP contribution in [0.25, 0.3) is 0 Å². The maximum atomic E-state index is 4.89. The van der Waals surface area contributed by atoms with E-state index in [4.69, 9.17) is 9.97 Å². The van der Waals surface area contributed by atoms with Gasteiger partial charge in [0.15, 0.2) is 0 Å². The Kier molecular flexibility index (Phi) is 6.47. The summed E-state index contributed by atoms with van der Waals surface area (Å²) in [4.78, 5) is 11.9. The van der Waals surface area contributed by atoms with Crippen molar-refractivity contribution in [1.82, 2.24) is 15.3 Å². The fourth-order valence-corrected chi connectivity index (χ4v) is 5.18. The van der Waals surface area contributed by atoms with Crippen LogP contribution in [0.2, 0.25) is 0 Å². The van der Waals surface area contributed by atoms with Gasteiger partial charge in [-0.1, -0.05) is 0 Å². The van der Waals surface area contributed by atoms with E-state index in [9.17, 15) is 0 Å². The number of nitrogens with zero attached hydrogens (tertiary/aromatic N) is 3. The molecule has 2 aliphatic carbocycles. The third kappa shape index (κ3) is 4.84. The number of anilines is 2. The number of aryl methyl sites for hydroxylation is 1. The number of rotatable bonds is 7. The molecule has 152 valence electrons. The molecule has 0 unspecified atom stereocenters. The first-order valence-corrected chi connectivity index (χ1v) is 11.7. The third-order valence-electron chi connectivity index (χ3n) is 6.11. The SMILES string of the molecule is CN(C)c1nc(N[C@H]2CC[C@@H](CNCc3ccsc3)CC2)nc2c1CCCC2. The first-order valence-electron chi connectivity index (χ1n) is 10.7. The molecule has 0 spiro atoms. The maximum absolute atomic E-state index is 4.89. The van der Waals surface area contributed by atoms with Crippen molar-refractivity contribution in [3.05, 3.63) is 33.6 Å². The number of nitrogens with one attached hydrogen (secondary N) is 2. The first-order chi connectivity index (χ1) is 13.7. The Morgan fingerprint density at radius 3 is 2.68 bits per heavy atom. The molecule has 2 N–H and O–H groups in total. The number of aromatic nitrogens is 2. The van der Waals surface area contributed by atoms with Gasteiger partial charge >= 0.3 is 0 Å². The summed E-state index contributed by atoms with van der Waals surface area (Å²) in [6, 6.07) is 2.71. The highest BCUT2D eigenvalue weighted by molar-refractivity contribution is 7.07. The normalized spacial score (nSPS) is 21.9. The zero-order chi connectivity index (χ0) is 19.3. The van der Waals surface area contributed by atoms with E-state index >= 15 is 0 Å². The van der Waals surface area contributed by atoms with Crippen LogP contribution in [0.15, 0.2) is 16.8 Å². The van der Waals surface area contributed by atoms with Gasteiger partial charge in [0.1, 0.15) is 5.82 Å². The van der Waals surface area contributed by atoms with E-state index in [2.05, 4.69) is 46.5 Å². The highest BCUT2D eigenvalue weighted by Crippen LogP contribution is 2.30. The van der Waals surface area contributed by atoms with Crippen LogP contribution in [0, 0.1) is 5.92 Å². The van der Waals surface area contributed by atoms with Crippen LogP contribution in [0.4, 0.5) is 11.8 Å². The monoisotopic (exact) mass is 399 g/mol. The summed E-state index contributed by atoms with van der Waals surface area (Å²) < 4.78 is 0. The average molecular weight is 400 g/mol. The smallest absolute Gasteiger partial charge is 0.225 e. The van der Waals surface area contributed by atoms with Crippen molar-refractivity contribution in [1.29, 1.82) is 0 Å². The minimum atomic E-state index is 0.504. The second kappa shape index (κ2) is 9.23. The van der Waals surface area contributed by atoms with Gasteiger partial charge in [-0.15, -0.1) is 0 Å². The average Bonchev–Trinajstić information content (AvgIpc) is 3.22. The van der Waals surface area contributed by atoms with Crippen molar-refractivity contribution in [3.8, 4) is 0 Å². The fourth-order valence-electron chi connectivity index (χ4n) is 4.52. The van der Waals surface area contributed by atoms with Gasteiger partial charge in [-0.3, -0.25) is 0 Å². The maximum Gasteiger partial charge on any atom is 0.225 e. The predicted octanol–water partition coefficient (Wildman–Crippen LogP) is 4.24. The molecule has 1 saturated carbocycles. The molecule has 0 amide bonds. The Morgan fingerprint density at radius 1 is 1.11 bits per heavy atom. The van der Waals surface area contributed by atoms with Gasteiger partial charge in [-0.2, -0.15) is 16.3 Å². The van der Waals surface area contributed by atoms with Crippen LogP contribution in [0.1, 0.15) is 55.3 Å². The zero-order valence-electron chi connectivity index (χ0n) is 17.2. The van der Waals surface area contributed by atoms with Crippen molar-refractivity contribution >= 4 is 23.1 Å². The summed E-state index contributed by atoms with van der Waals surface area (Å²) >= 11 is 1.77. The molecule has 0 atom stereocenters. The summed E-state index contributed by atoms with van der Waals surface area (Å²) in [5, 5.41) is 11.7. The van der Waals surface area contributed by atoms with Crippen molar-refractivity contribution in [2.75, 3.05) is 30.9 Å². The Hall–Kier alpha value is -1.66. The molecule has 1 fully saturated rings. The lowest BCUT2D eigenvalue weighted by molar-refractivity contribution is 0.323. The molecule has 6 heteroatoms. The molecule has 2 aromatic heterocycles. The Morgan fingerprint density at radius 2 is 1.93 bits per heavy atom. The van der Waals surface area contributed by atoms with Crippen LogP contribution in [-0.4, -0.2) is 36.6 Å². The highest BCUT2D eigenvalue weighted by atomic mass is 32.1. The topological polar surface area (TPSA) is 53.1 Å². The molecule has 28 heavy (non-hydrogen) atoms. The van der Waals surface area contributed by atoms with Gasteiger partial charge in [0.25, 0.3) is 0 Å². The van der Waals surface area contributed by atoms with Gasteiger partial charge in [-0.05, 0) is 86.2 Å². The second-order valence-electron chi connectivity index (χ2n) is 8.52. The lowest BCUT2D eigenvalue weighted by atomic mass is 9.86. The predicted molar refractivity (Wildman–Crippen MR) is 118 cm³/mol. The Bertz CT molecular complexity index is 751. The number of hydrogen-bond acceptors (Lipinski definition) is 6. The van der Waals surface area contributed by atoms with Crippen LogP contribution < -0.4 is 15.5 Å². The molecule has 0 saturated heterocycles. The summed E-state index contributed by atoms with van der Waals surface area (Å²) in [6.45, 7) is 2.13. The fraction of sp³-hybridized carbons (Fsp3) is 0.636. The first kappa shape index (κ1) is 19.6. The molecule has 5 nitrogen and oxygen atoms in total. The molecular formula is C22H33N5S. The van der Waals surface area contributed by atoms with Crippen molar-refractivity contribution in [2.24, 2.45) is 5.92 Å². The quantitative estimate of drug-likeness (QED) is 0.729. The van der Waals surface area contributed by atoms with Crippen molar-refractivity contribution < 1.29 is 0 Å². The van der Waals surface area contributed by atoms with E-state index < -0.39 is 0 Å². The number of fused-ring (bicyclic) bond motifs is 1. The number of hydrogen-bond donors (Lipinski definition) is 2. The van der Waals surface area contributed by atoms with Gasteiger partial charge in [0.05, 0.1) is 5.69 Å². The van der Waals surface area contributed by atoms with Gasteiger partial charge in [0, 0.05) is 32.2 Å². The van der Waals surface area contributed by atoms with E-state index in [-0.39, 0.29) is 0 Å².